The molecule has 2 rings (SSSR count). The van der Waals surface area contributed by atoms with Gasteiger partial charge in [-0.15, -0.1) is 0 Å². The highest BCUT2D eigenvalue weighted by Gasteiger charge is 2.10. The molecule has 0 aliphatic heterocycles. The molecule has 0 atom stereocenters. The monoisotopic (exact) mass is 262 g/mol. The Labute approximate surface area is 110 Å². The Hall–Kier alpha value is -1.67. The molecule has 2 aromatic rings. The van der Waals surface area contributed by atoms with Crippen LogP contribution in [0.5, 0.6) is 0 Å². The second-order valence-electron chi connectivity index (χ2n) is 4.27. The zero-order chi connectivity index (χ0) is 13.3. The van der Waals surface area contributed by atoms with Crippen LogP contribution in [-0.2, 0) is 0 Å². The van der Waals surface area contributed by atoms with Crippen molar-refractivity contribution in [3.63, 3.8) is 0 Å². The van der Waals surface area contributed by atoms with Gasteiger partial charge in [-0.05, 0) is 60.4 Å². The average molecular weight is 263 g/mol. The molecule has 92 valence electrons. The summed E-state index contributed by atoms with van der Waals surface area (Å²) in [7, 11) is 0. The predicted molar refractivity (Wildman–Crippen MR) is 71.7 cm³/mol. The highest BCUT2D eigenvalue weighted by atomic mass is 35.5. The van der Waals surface area contributed by atoms with Crippen molar-refractivity contribution in [2.45, 2.75) is 13.8 Å². The summed E-state index contributed by atoms with van der Waals surface area (Å²) in [5.74, 6) is -0.259. The molecule has 0 N–H and O–H groups in total. The summed E-state index contributed by atoms with van der Waals surface area (Å²) < 4.78 is 13.3. The van der Waals surface area contributed by atoms with Crippen LogP contribution in [0.4, 0.5) is 4.39 Å². The van der Waals surface area contributed by atoms with Crippen LogP contribution >= 0.6 is 11.6 Å². The van der Waals surface area contributed by atoms with Gasteiger partial charge in [0.2, 0.25) is 0 Å². The summed E-state index contributed by atoms with van der Waals surface area (Å²) >= 11 is 6.01. The topological polar surface area (TPSA) is 17.1 Å². The Morgan fingerprint density at radius 3 is 2.44 bits per heavy atom. The lowest BCUT2D eigenvalue weighted by atomic mass is 9.95. The Morgan fingerprint density at radius 2 is 1.83 bits per heavy atom. The standard InChI is InChI=1S/C15H12ClFO/c1-9-6-12(16)7-13(14(9)8-18)11-3-4-15(17)10(2)5-11/h3-8H,1-2H3. The van der Waals surface area contributed by atoms with E-state index in [2.05, 4.69) is 0 Å². The predicted octanol–water partition coefficient (Wildman–Crippen LogP) is 4.58. The average Bonchev–Trinajstić information content (AvgIpc) is 2.32. The molecule has 0 saturated carbocycles. The lowest BCUT2D eigenvalue weighted by Crippen LogP contribution is -1.93. The molecule has 0 aromatic heterocycles. The van der Waals surface area contributed by atoms with Gasteiger partial charge in [-0.3, -0.25) is 4.79 Å². The van der Waals surface area contributed by atoms with Gasteiger partial charge in [0.05, 0.1) is 0 Å². The van der Waals surface area contributed by atoms with Crippen LogP contribution in [-0.4, -0.2) is 6.29 Å². The number of carbonyl (C=O) groups is 1. The van der Waals surface area contributed by atoms with Crippen molar-refractivity contribution in [2.24, 2.45) is 0 Å². The van der Waals surface area contributed by atoms with Crippen LogP contribution in [0, 0.1) is 19.7 Å². The highest BCUT2D eigenvalue weighted by molar-refractivity contribution is 6.31. The summed E-state index contributed by atoms with van der Waals surface area (Å²) in [6, 6.07) is 8.24. The maximum absolute atomic E-state index is 13.3. The van der Waals surface area contributed by atoms with Gasteiger partial charge in [-0.1, -0.05) is 17.7 Å². The molecular weight excluding hydrogens is 251 g/mol. The molecule has 0 bridgehead atoms. The van der Waals surface area contributed by atoms with E-state index in [0.717, 1.165) is 23.0 Å². The van der Waals surface area contributed by atoms with Gasteiger partial charge < -0.3 is 0 Å². The zero-order valence-corrected chi connectivity index (χ0v) is 10.9. The Balaban J connectivity index is 2.69. The molecule has 0 radical (unpaired) electrons. The minimum absolute atomic E-state index is 0.259. The zero-order valence-electron chi connectivity index (χ0n) is 10.1. The Bertz CT molecular complexity index is 620. The van der Waals surface area contributed by atoms with Crippen molar-refractivity contribution < 1.29 is 9.18 Å². The van der Waals surface area contributed by atoms with Gasteiger partial charge in [0.15, 0.2) is 6.29 Å². The summed E-state index contributed by atoms with van der Waals surface area (Å²) in [5.41, 5.74) is 3.47. The molecule has 0 fully saturated rings. The lowest BCUT2D eigenvalue weighted by Gasteiger charge is -2.10. The number of carbonyl (C=O) groups excluding carboxylic acids is 1. The van der Waals surface area contributed by atoms with Gasteiger partial charge >= 0.3 is 0 Å². The number of benzene rings is 2. The third-order valence-electron chi connectivity index (χ3n) is 2.94. The van der Waals surface area contributed by atoms with Gasteiger partial charge in [0.1, 0.15) is 5.82 Å². The van der Waals surface area contributed by atoms with Crippen LogP contribution < -0.4 is 0 Å². The van der Waals surface area contributed by atoms with E-state index in [1.165, 1.54) is 6.07 Å². The van der Waals surface area contributed by atoms with E-state index in [1.807, 2.05) is 6.92 Å². The molecular formula is C15H12ClFO. The van der Waals surface area contributed by atoms with Crippen LogP contribution in [0.3, 0.4) is 0 Å². The SMILES string of the molecule is Cc1cc(-c2cc(Cl)cc(C)c2C=O)ccc1F. The van der Waals surface area contributed by atoms with Crippen molar-refractivity contribution in [3.8, 4) is 11.1 Å². The molecule has 0 heterocycles. The van der Waals surface area contributed by atoms with Crippen LogP contribution in [0.1, 0.15) is 21.5 Å². The number of rotatable bonds is 2. The first-order valence-electron chi connectivity index (χ1n) is 5.55. The Morgan fingerprint density at radius 1 is 1.11 bits per heavy atom. The van der Waals surface area contributed by atoms with E-state index >= 15 is 0 Å². The van der Waals surface area contributed by atoms with Crippen molar-refractivity contribution in [1.82, 2.24) is 0 Å². The molecule has 0 saturated heterocycles. The minimum atomic E-state index is -0.259. The van der Waals surface area contributed by atoms with Crippen molar-refractivity contribution in [3.05, 3.63) is 57.9 Å². The van der Waals surface area contributed by atoms with Crippen molar-refractivity contribution in [1.29, 1.82) is 0 Å². The molecule has 3 heteroatoms. The molecule has 0 unspecified atom stereocenters. The van der Waals surface area contributed by atoms with Crippen LogP contribution in [0.2, 0.25) is 5.02 Å². The van der Waals surface area contributed by atoms with E-state index in [4.69, 9.17) is 11.6 Å². The minimum Gasteiger partial charge on any atom is -0.298 e. The van der Waals surface area contributed by atoms with E-state index in [-0.39, 0.29) is 5.82 Å². The Kier molecular flexibility index (Phi) is 3.48. The van der Waals surface area contributed by atoms with Crippen molar-refractivity contribution >= 4 is 17.9 Å². The molecule has 0 aliphatic carbocycles. The van der Waals surface area contributed by atoms with Gasteiger partial charge in [-0.2, -0.15) is 0 Å². The molecule has 0 amide bonds. The molecule has 0 spiro atoms. The summed E-state index contributed by atoms with van der Waals surface area (Å²) in [5, 5.41) is 0.565. The number of hydrogen-bond acceptors (Lipinski definition) is 1. The molecule has 0 aliphatic rings. The second kappa shape index (κ2) is 4.91. The van der Waals surface area contributed by atoms with Crippen molar-refractivity contribution in [2.75, 3.05) is 0 Å². The normalized spacial score (nSPS) is 10.4. The van der Waals surface area contributed by atoms with E-state index in [0.29, 0.717) is 16.1 Å². The highest BCUT2D eigenvalue weighted by Crippen LogP contribution is 2.29. The lowest BCUT2D eigenvalue weighted by molar-refractivity contribution is 0.112. The first-order valence-corrected chi connectivity index (χ1v) is 5.92. The van der Waals surface area contributed by atoms with E-state index in [1.54, 1.807) is 31.2 Å². The number of hydrogen-bond donors (Lipinski definition) is 0. The number of aldehydes is 1. The van der Waals surface area contributed by atoms with Gasteiger partial charge in [0.25, 0.3) is 0 Å². The first kappa shape index (κ1) is 12.8. The second-order valence-corrected chi connectivity index (χ2v) is 4.70. The molecule has 1 nitrogen and oxygen atoms in total. The van der Waals surface area contributed by atoms with Crippen LogP contribution in [0.25, 0.3) is 11.1 Å². The smallest absolute Gasteiger partial charge is 0.150 e. The number of halogens is 2. The maximum atomic E-state index is 13.3. The third-order valence-corrected chi connectivity index (χ3v) is 3.16. The fourth-order valence-corrected chi connectivity index (χ4v) is 2.23. The summed E-state index contributed by atoms with van der Waals surface area (Å²) in [6.45, 7) is 3.52. The largest absolute Gasteiger partial charge is 0.298 e. The van der Waals surface area contributed by atoms with Gasteiger partial charge in [-0.25, -0.2) is 4.39 Å². The van der Waals surface area contributed by atoms with Gasteiger partial charge in [0, 0.05) is 10.6 Å². The quantitative estimate of drug-likeness (QED) is 0.724. The molecule has 2 aromatic carbocycles. The summed E-state index contributed by atoms with van der Waals surface area (Å²) in [4.78, 5) is 11.2. The first-order chi connectivity index (χ1) is 8.52. The molecule has 18 heavy (non-hydrogen) atoms. The van der Waals surface area contributed by atoms with Crippen LogP contribution in [0.15, 0.2) is 30.3 Å². The fourth-order valence-electron chi connectivity index (χ4n) is 1.96. The number of aryl methyl sites for hydroxylation is 2. The fraction of sp³-hybridized carbons (Fsp3) is 0.133. The van der Waals surface area contributed by atoms with E-state index < -0.39 is 0 Å². The third kappa shape index (κ3) is 2.29. The summed E-state index contributed by atoms with van der Waals surface area (Å²) in [6.07, 6.45) is 0.805. The van der Waals surface area contributed by atoms with E-state index in [9.17, 15) is 9.18 Å². The maximum Gasteiger partial charge on any atom is 0.150 e.